The Morgan fingerprint density at radius 3 is 2.53 bits per heavy atom. The maximum atomic E-state index is 13.2. The van der Waals surface area contributed by atoms with Gasteiger partial charge in [0.1, 0.15) is 17.0 Å². The fourth-order valence-electron chi connectivity index (χ4n) is 4.13. The zero-order valence-corrected chi connectivity index (χ0v) is 21.0. The second-order valence-corrected chi connectivity index (χ2v) is 9.10. The number of benzene rings is 2. The third kappa shape index (κ3) is 4.95. The lowest BCUT2D eigenvalue weighted by molar-refractivity contribution is -0.132. The lowest BCUT2D eigenvalue weighted by Gasteiger charge is -2.40. The molecule has 1 aliphatic rings. The maximum absolute atomic E-state index is 13.2. The largest absolute Gasteiger partial charge is 0.494 e. The lowest BCUT2D eigenvalue weighted by Crippen LogP contribution is -2.62. The van der Waals surface area contributed by atoms with Crippen LogP contribution in [0.25, 0.3) is 0 Å². The number of aryl methyl sites for hydroxylation is 1. The highest BCUT2D eigenvalue weighted by molar-refractivity contribution is 6.01. The number of nitrogens with zero attached hydrogens (tertiary/aromatic N) is 3. The molecule has 2 heterocycles. The van der Waals surface area contributed by atoms with Gasteiger partial charge in [-0.2, -0.15) is 5.10 Å². The van der Waals surface area contributed by atoms with Gasteiger partial charge in [0.25, 0.3) is 11.8 Å². The number of para-hydroxylation sites is 1. The Labute approximate surface area is 210 Å². The van der Waals surface area contributed by atoms with Crippen LogP contribution in [0.2, 0.25) is 0 Å². The number of hydrogen-bond donors (Lipinski definition) is 2. The molecule has 4 rings (SSSR count). The van der Waals surface area contributed by atoms with E-state index in [1.165, 1.54) is 15.6 Å². The van der Waals surface area contributed by atoms with Crippen LogP contribution >= 0.6 is 0 Å². The van der Waals surface area contributed by atoms with Crippen molar-refractivity contribution in [3.8, 4) is 5.75 Å². The molecular formula is C27H31N5O4. The van der Waals surface area contributed by atoms with E-state index in [1.807, 2.05) is 62.4 Å². The normalized spacial score (nSPS) is 16.9. The van der Waals surface area contributed by atoms with Crippen LogP contribution in [0.4, 0.5) is 0 Å². The van der Waals surface area contributed by atoms with Crippen LogP contribution in [0.5, 0.6) is 5.75 Å². The van der Waals surface area contributed by atoms with Crippen molar-refractivity contribution in [1.82, 2.24) is 25.3 Å². The summed E-state index contributed by atoms with van der Waals surface area (Å²) in [5.74, 6) is -0.376. The first-order chi connectivity index (χ1) is 17.2. The second kappa shape index (κ2) is 10.2. The molecule has 3 aromatic rings. The monoisotopic (exact) mass is 489 g/mol. The quantitative estimate of drug-likeness (QED) is 0.506. The predicted molar refractivity (Wildman–Crippen MR) is 135 cm³/mol. The van der Waals surface area contributed by atoms with E-state index in [-0.39, 0.29) is 36.3 Å². The zero-order chi connectivity index (χ0) is 25.9. The molecule has 0 unspecified atom stereocenters. The third-order valence-electron chi connectivity index (χ3n) is 6.51. The van der Waals surface area contributed by atoms with Crippen molar-refractivity contribution < 1.29 is 19.1 Å². The summed E-state index contributed by atoms with van der Waals surface area (Å²) in [6.07, 6.45) is 0. The van der Waals surface area contributed by atoms with Crippen LogP contribution in [0.15, 0.2) is 54.6 Å². The summed E-state index contributed by atoms with van der Waals surface area (Å²) in [6.45, 7) is 6.85. The zero-order valence-electron chi connectivity index (χ0n) is 21.0. The molecule has 36 heavy (non-hydrogen) atoms. The topological polar surface area (TPSA) is 106 Å². The van der Waals surface area contributed by atoms with Crippen molar-refractivity contribution in [3.63, 3.8) is 0 Å². The Morgan fingerprint density at radius 1 is 1.08 bits per heavy atom. The van der Waals surface area contributed by atoms with Gasteiger partial charge >= 0.3 is 0 Å². The van der Waals surface area contributed by atoms with Crippen molar-refractivity contribution in [1.29, 1.82) is 0 Å². The molecule has 1 aromatic heterocycles. The summed E-state index contributed by atoms with van der Waals surface area (Å²) in [5.41, 5.74) is 2.16. The summed E-state index contributed by atoms with van der Waals surface area (Å²) >= 11 is 0. The Kier molecular flexibility index (Phi) is 7.10. The first-order valence-electron chi connectivity index (χ1n) is 11.9. The summed E-state index contributed by atoms with van der Waals surface area (Å²) in [4.78, 5) is 40.5. The van der Waals surface area contributed by atoms with Crippen molar-refractivity contribution in [2.24, 2.45) is 0 Å². The molecule has 0 saturated heterocycles. The van der Waals surface area contributed by atoms with Gasteiger partial charge in [-0.05, 0) is 32.4 Å². The SMILES string of the molecule is CCOc1ccccc1CNC(=O)c1cc2n(n1)C[C@](C)(C(=O)NCc1ccc(C)cc1)N(C)C2=O. The maximum Gasteiger partial charge on any atom is 0.272 e. The van der Waals surface area contributed by atoms with Gasteiger partial charge in [-0.3, -0.25) is 19.1 Å². The first-order valence-corrected chi connectivity index (χ1v) is 11.9. The molecule has 2 aromatic carbocycles. The minimum atomic E-state index is -1.16. The highest BCUT2D eigenvalue weighted by Gasteiger charge is 2.46. The van der Waals surface area contributed by atoms with Crippen molar-refractivity contribution in [2.45, 2.75) is 45.9 Å². The predicted octanol–water partition coefficient (Wildman–Crippen LogP) is 2.68. The van der Waals surface area contributed by atoms with Crippen molar-refractivity contribution >= 4 is 17.7 Å². The average Bonchev–Trinajstić information content (AvgIpc) is 3.30. The summed E-state index contributed by atoms with van der Waals surface area (Å²) in [7, 11) is 1.59. The van der Waals surface area contributed by atoms with Crippen LogP contribution in [-0.2, 0) is 24.4 Å². The second-order valence-electron chi connectivity index (χ2n) is 9.10. The number of hydrogen-bond acceptors (Lipinski definition) is 5. The highest BCUT2D eigenvalue weighted by Crippen LogP contribution is 2.26. The fourth-order valence-corrected chi connectivity index (χ4v) is 4.13. The molecule has 3 amide bonds. The van der Waals surface area contributed by atoms with Gasteiger partial charge in [-0.25, -0.2) is 0 Å². The van der Waals surface area contributed by atoms with Crippen LogP contribution in [0.3, 0.4) is 0 Å². The Bertz CT molecular complexity index is 1280. The molecule has 1 atom stereocenters. The van der Waals surface area contributed by atoms with Gasteiger partial charge in [-0.1, -0.05) is 48.0 Å². The van der Waals surface area contributed by atoms with E-state index in [0.717, 1.165) is 16.7 Å². The average molecular weight is 490 g/mol. The fraction of sp³-hybridized carbons (Fsp3) is 0.333. The summed E-state index contributed by atoms with van der Waals surface area (Å²) in [5, 5.41) is 10.1. The molecule has 188 valence electrons. The van der Waals surface area contributed by atoms with E-state index in [4.69, 9.17) is 4.74 Å². The number of aromatic nitrogens is 2. The molecule has 0 bridgehead atoms. The van der Waals surface area contributed by atoms with Gasteiger partial charge in [-0.15, -0.1) is 0 Å². The van der Waals surface area contributed by atoms with Gasteiger partial charge < -0.3 is 20.3 Å². The minimum absolute atomic E-state index is 0.116. The molecule has 9 heteroatoms. The van der Waals surface area contributed by atoms with Crippen LogP contribution < -0.4 is 15.4 Å². The van der Waals surface area contributed by atoms with E-state index in [0.29, 0.717) is 18.9 Å². The van der Waals surface area contributed by atoms with E-state index in [1.54, 1.807) is 14.0 Å². The lowest BCUT2D eigenvalue weighted by atomic mass is 9.95. The van der Waals surface area contributed by atoms with Crippen molar-refractivity contribution in [3.05, 3.63) is 82.7 Å². The van der Waals surface area contributed by atoms with Gasteiger partial charge in [0.05, 0.1) is 13.2 Å². The van der Waals surface area contributed by atoms with E-state index in [2.05, 4.69) is 15.7 Å². The number of carbonyl (C=O) groups excluding carboxylic acids is 3. The number of ether oxygens (including phenoxy) is 1. The number of nitrogens with one attached hydrogen (secondary N) is 2. The Morgan fingerprint density at radius 2 is 1.81 bits per heavy atom. The van der Waals surface area contributed by atoms with Gasteiger partial charge in [0, 0.05) is 31.8 Å². The minimum Gasteiger partial charge on any atom is -0.494 e. The van der Waals surface area contributed by atoms with E-state index >= 15 is 0 Å². The number of likely N-dealkylation sites (N-methyl/N-ethyl adjacent to an activating group) is 1. The Balaban J connectivity index is 1.46. The Hall–Kier alpha value is -4.14. The van der Waals surface area contributed by atoms with Crippen LogP contribution in [-0.4, -0.2) is 51.6 Å². The molecule has 0 fully saturated rings. The van der Waals surface area contributed by atoms with Crippen molar-refractivity contribution in [2.75, 3.05) is 13.7 Å². The van der Waals surface area contributed by atoms with Crippen LogP contribution in [0, 0.1) is 6.92 Å². The van der Waals surface area contributed by atoms with Gasteiger partial charge in [0.2, 0.25) is 5.91 Å². The van der Waals surface area contributed by atoms with E-state index < -0.39 is 11.4 Å². The number of carbonyl (C=O) groups is 3. The molecular weight excluding hydrogens is 458 g/mol. The molecule has 0 spiro atoms. The molecule has 1 aliphatic heterocycles. The number of fused-ring (bicyclic) bond motifs is 1. The standard InChI is InChI=1S/C27H31N5O4/c1-5-36-23-9-7-6-8-20(23)16-28-24(33)21-14-22-25(34)31(4)27(3,17-32(22)30-21)26(35)29-15-19-12-10-18(2)11-13-19/h6-14H,5,15-17H2,1-4H3,(H,28,33)(H,29,35)/t27-/m1/s1. The molecule has 2 N–H and O–H groups in total. The number of amides is 3. The first kappa shape index (κ1) is 25.0. The summed E-state index contributed by atoms with van der Waals surface area (Å²) < 4.78 is 7.05. The number of rotatable bonds is 8. The van der Waals surface area contributed by atoms with E-state index in [9.17, 15) is 14.4 Å². The third-order valence-corrected chi connectivity index (χ3v) is 6.51. The molecule has 0 radical (unpaired) electrons. The molecule has 9 nitrogen and oxygen atoms in total. The van der Waals surface area contributed by atoms with Gasteiger partial charge in [0.15, 0.2) is 5.69 Å². The van der Waals surface area contributed by atoms with Crippen LogP contribution in [0.1, 0.15) is 51.5 Å². The summed E-state index contributed by atoms with van der Waals surface area (Å²) in [6, 6.07) is 16.8. The molecule has 0 aliphatic carbocycles. The molecule has 0 saturated carbocycles. The highest BCUT2D eigenvalue weighted by atomic mass is 16.5. The smallest absolute Gasteiger partial charge is 0.272 e.